The summed E-state index contributed by atoms with van der Waals surface area (Å²) in [4.78, 5) is 4.23. The summed E-state index contributed by atoms with van der Waals surface area (Å²) >= 11 is 0. The van der Waals surface area contributed by atoms with Crippen molar-refractivity contribution in [1.82, 2.24) is 10.6 Å². The maximum atomic E-state index is 12.8. The average molecular weight is 389 g/mol. The number of alkyl halides is 2. The van der Waals surface area contributed by atoms with Crippen molar-refractivity contribution in [3.63, 3.8) is 0 Å². The second-order valence-corrected chi connectivity index (χ2v) is 6.49. The van der Waals surface area contributed by atoms with E-state index in [-0.39, 0.29) is 12.3 Å². The molecule has 2 aromatic rings. The molecule has 0 aliphatic heterocycles. The van der Waals surface area contributed by atoms with Crippen LogP contribution in [0.4, 0.5) is 8.78 Å². The van der Waals surface area contributed by atoms with E-state index in [2.05, 4.69) is 27.8 Å². The Labute approximate surface area is 163 Å². The largest absolute Gasteiger partial charge is 0.490 e. The molecule has 2 atom stereocenters. The molecule has 0 amide bonds. The maximum Gasteiger partial charge on any atom is 0.387 e. The third-order valence-corrected chi connectivity index (χ3v) is 4.58. The first-order valence-corrected chi connectivity index (χ1v) is 9.34. The number of hydrogen-bond acceptors (Lipinski definition) is 3. The van der Waals surface area contributed by atoms with Gasteiger partial charge in [-0.2, -0.15) is 8.78 Å². The van der Waals surface area contributed by atoms with E-state index in [1.165, 1.54) is 5.56 Å². The number of guanidine groups is 1. The maximum absolute atomic E-state index is 12.8. The summed E-state index contributed by atoms with van der Waals surface area (Å²) in [5, 5.41) is 6.55. The predicted octanol–water partition coefficient (Wildman–Crippen LogP) is 3.91. The van der Waals surface area contributed by atoms with Gasteiger partial charge in [-0.15, -0.1) is 0 Å². The number of para-hydroxylation sites is 1. The van der Waals surface area contributed by atoms with Crippen LogP contribution < -0.4 is 20.1 Å². The molecule has 0 bridgehead atoms. The Morgan fingerprint density at radius 3 is 2.64 bits per heavy atom. The Morgan fingerprint density at radius 1 is 1.18 bits per heavy atom. The molecule has 0 radical (unpaired) electrons. The van der Waals surface area contributed by atoms with Gasteiger partial charge in [-0.25, -0.2) is 0 Å². The number of rotatable bonds is 8. The third kappa shape index (κ3) is 5.12. The van der Waals surface area contributed by atoms with Gasteiger partial charge in [-0.1, -0.05) is 42.5 Å². The fraction of sp³-hybridized carbons (Fsp3) is 0.381. The summed E-state index contributed by atoms with van der Waals surface area (Å²) in [5.74, 6) is 1.43. The Balaban J connectivity index is 1.62. The number of nitrogens with one attached hydrogen (secondary N) is 2. The van der Waals surface area contributed by atoms with E-state index >= 15 is 0 Å². The fourth-order valence-corrected chi connectivity index (χ4v) is 3.16. The highest BCUT2D eigenvalue weighted by Crippen LogP contribution is 2.40. The normalized spacial score (nSPS) is 18.7. The van der Waals surface area contributed by atoms with Gasteiger partial charge in [0.2, 0.25) is 0 Å². The van der Waals surface area contributed by atoms with Crippen LogP contribution in [0.5, 0.6) is 11.5 Å². The highest BCUT2D eigenvalue weighted by molar-refractivity contribution is 5.80. The molecular weight excluding hydrogens is 364 g/mol. The third-order valence-electron chi connectivity index (χ3n) is 4.58. The van der Waals surface area contributed by atoms with Gasteiger partial charge in [0.15, 0.2) is 17.5 Å². The second-order valence-electron chi connectivity index (χ2n) is 6.49. The summed E-state index contributed by atoms with van der Waals surface area (Å²) in [6.45, 7) is -0.481. The van der Waals surface area contributed by atoms with Crippen LogP contribution in [-0.4, -0.2) is 32.3 Å². The Hall–Kier alpha value is -2.83. The van der Waals surface area contributed by atoms with Crippen LogP contribution in [0.25, 0.3) is 0 Å². The van der Waals surface area contributed by atoms with E-state index in [4.69, 9.17) is 9.47 Å². The highest BCUT2D eigenvalue weighted by atomic mass is 19.3. The van der Waals surface area contributed by atoms with Crippen LogP contribution in [0.3, 0.4) is 0 Å². The summed E-state index contributed by atoms with van der Waals surface area (Å²) < 4.78 is 35.8. The minimum atomic E-state index is -2.92. The molecule has 1 aliphatic carbocycles. The molecule has 0 saturated heterocycles. The number of aliphatic imine (C=N–C) groups is 1. The van der Waals surface area contributed by atoms with E-state index in [1.807, 2.05) is 18.2 Å². The number of ether oxygens (including phenoxy) is 2. The molecule has 0 spiro atoms. The zero-order valence-corrected chi connectivity index (χ0v) is 16.0. The molecule has 7 heteroatoms. The molecule has 28 heavy (non-hydrogen) atoms. The lowest BCUT2D eigenvalue weighted by molar-refractivity contribution is -0.0520. The topological polar surface area (TPSA) is 54.9 Å². The van der Waals surface area contributed by atoms with E-state index in [0.717, 1.165) is 6.42 Å². The molecule has 2 N–H and O–H groups in total. The second kappa shape index (κ2) is 9.39. The van der Waals surface area contributed by atoms with E-state index in [0.29, 0.717) is 35.8 Å². The Morgan fingerprint density at radius 2 is 1.96 bits per heavy atom. The van der Waals surface area contributed by atoms with Gasteiger partial charge >= 0.3 is 6.61 Å². The predicted molar refractivity (Wildman–Crippen MR) is 105 cm³/mol. The molecule has 0 aromatic heterocycles. The van der Waals surface area contributed by atoms with E-state index < -0.39 is 6.61 Å². The molecule has 5 nitrogen and oxygen atoms in total. The summed E-state index contributed by atoms with van der Waals surface area (Å²) in [6.07, 6.45) is 1.03. The van der Waals surface area contributed by atoms with Gasteiger partial charge in [-0.3, -0.25) is 4.99 Å². The van der Waals surface area contributed by atoms with Gasteiger partial charge in [0.25, 0.3) is 0 Å². The van der Waals surface area contributed by atoms with Crippen molar-refractivity contribution in [3.05, 3.63) is 59.7 Å². The van der Waals surface area contributed by atoms with Crippen molar-refractivity contribution in [2.75, 3.05) is 13.7 Å². The number of nitrogens with zero attached hydrogens (tertiary/aromatic N) is 1. The molecule has 2 aromatic carbocycles. The van der Waals surface area contributed by atoms with Crippen molar-refractivity contribution >= 4 is 5.96 Å². The van der Waals surface area contributed by atoms with Gasteiger partial charge in [0.1, 0.15) is 0 Å². The quantitative estimate of drug-likeness (QED) is 0.531. The first kappa shape index (κ1) is 19.9. The van der Waals surface area contributed by atoms with Crippen molar-refractivity contribution in [2.24, 2.45) is 4.99 Å². The molecule has 3 rings (SSSR count). The minimum Gasteiger partial charge on any atom is -0.490 e. The zero-order valence-electron chi connectivity index (χ0n) is 16.0. The van der Waals surface area contributed by atoms with Crippen molar-refractivity contribution in [1.29, 1.82) is 0 Å². The molecule has 2 unspecified atom stereocenters. The standard InChI is InChI=1S/C21H25F2N3O2/c1-3-27-18-11-7-10-15(19(18)28-20(22)23)13-25-21(24-2)26-17-12-16(17)14-8-5-4-6-9-14/h4-11,16-17,20H,3,12-13H2,1-2H3,(H2,24,25,26). The summed E-state index contributed by atoms with van der Waals surface area (Å²) in [7, 11) is 1.68. The molecule has 1 saturated carbocycles. The Kier molecular flexibility index (Phi) is 6.68. The molecule has 1 aliphatic rings. The van der Waals surface area contributed by atoms with E-state index in [9.17, 15) is 8.78 Å². The molecule has 0 heterocycles. The molecule has 150 valence electrons. The lowest BCUT2D eigenvalue weighted by atomic mass is 10.1. The smallest absolute Gasteiger partial charge is 0.387 e. The van der Waals surface area contributed by atoms with E-state index in [1.54, 1.807) is 32.2 Å². The number of benzene rings is 2. The van der Waals surface area contributed by atoms with Crippen molar-refractivity contribution < 1.29 is 18.3 Å². The van der Waals surface area contributed by atoms with Gasteiger partial charge < -0.3 is 20.1 Å². The number of hydrogen-bond donors (Lipinski definition) is 2. The van der Waals surface area contributed by atoms with Crippen LogP contribution in [-0.2, 0) is 6.54 Å². The summed E-state index contributed by atoms with van der Waals surface area (Å²) in [5.41, 5.74) is 1.87. The lowest BCUT2D eigenvalue weighted by Crippen LogP contribution is -2.38. The number of halogens is 2. The molecular formula is C21H25F2N3O2. The van der Waals surface area contributed by atoms with Gasteiger partial charge in [0.05, 0.1) is 6.61 Å². The minimum absolute atomic E-state index is 0.0517. The van der Waals surface area contributed by atoms with Gasteiger partial charge in [-0.05, 0) is 25.0 Å². The lowest BCUT2D eigenvalue weighted by Gasteiger charge is -2.17. The zero-order chi connectivity index (χ0) is 19.9. The Bertz CT molecular complexity index is 799. The van der Waals surface area contributed by atoms with Crippen LogP contribution in [0.15, 0.2) is 53.5 Å². The van der Waals surface area contributed by atoms with Crippen LogP contribution >= 0.6 is 0 Å². The first-order chi connectivity index (χ1) is 13.6. The highest BCUT2D eigenvalue weighted by Gasteiger charge is 2.38. The van der Waals surface area contributed by atoms with Crippen LogP contribution in [0.2, 0.25) is 0 Å². The fourth-order valence-electron chi connectivity index (χ4n) is 3.16. The van der Waals surface area contributed by atoms with Crippen LogP contribution in [0.1, 0.15) is 30.4 Å². The van der Waals surface area contributed by atoms with Crippen LogP contribution in [0, 0.1) is 0 Å². The van der Waals surface area contributed by atoms with Gasteiger partial charge in [0, 0.05) is 31.1 Å². The SMILES string of the molecule is CCOc1cccc(CNC(=NC)NC2CC2c2ccccc2)c1OC(F)F. The average Bonchev–Trinajstić information content (AvgIpc) is 3.47. The monoisotopic (exact) mass is 389 g/mol. The summed E-state index contributed by atoms with van der Waals surface area (Å²) in [6, 6.07) is 15.7. The molecule has 1 fully saturated rings. The van der Waals surface area contributed by atoms with Crippen molar-refractivity contribution in [3.8, 4) is 11.5 Å². The van der Waals surface area contributed by atoms with Crippen molar-refractivity contribution in [2.45, 2.75) is 38.5 Å². The first-order valence-electron chi connectivity index (χ1n) is 9.34.